The monoisotopic (exact) mass is 562 g/mol. The number of fused-ring (bicyclic) bond motifs is 1. The number of nitrogens with one attached hydrogen (secondary N) is 2. The highest BCUT2D eigenvalue weighted by Crippen LogP contribution is 2.31. The van der Waals surface area contributed by atoms with Gasteiger partial charge in [0, 0.05) is 48.2 Å². The van der Waals surface area contributed by atoms with Gasteiger partial charge in [0.1, 0.15) is 12.0 Å². The van der Waals surface area contributed by atoms with Crippen LogP contribution in [0.15, 0.2) is 52.8 Å². The average Bonchev–Trinajstić information content (AvgIpc) is 3.69. The third-order valence-electron chi connectivity index (χ3n) is 8.27. The summed E-state index contributed by atoms with van der Waals surface area (Å²) in [5, 5.41) is 10.3. The zero-order chi connectivity index (χ0) is 27.7. The molecule has 6 rings (SSSR count). The zero-order valence-electron chi connectivity index (χ0n) is 22.6. The van der Waals surface area contributed by atoms with Gasteiger partial charge in [-0.25, -0.2) is 18.4 Å². The molecule has 0 radical (unpaired) electrons. The molecule has 2 fully saturated rings. The van der Waals surface area contributed by atoms with Crippen molar-refractivity contribution >= 4 is 38.2 Å². The highest BCUT2D eigenvalue weighted by molar-refractivity contribution is 7.91. The third kappa shape index (κ3) is 5.45. The normalized spacial score (nSPS) is 17.1. The molecule has 12 heteroatoms. The lowest BCUT2D eigenvalue weighted by Gasteiger charge is -2.33. The molecule has 0 bridgehead atoms. The van der Waals surface area contributed by atoms with Gasteiger partial charge in [0.2, 0.25) is 20.9 Å². The Hall–Kier alpha value is -3.80. The van der Waals surface area contributed by atoms with Crippen LogP contribution in [0.1, 0.15) is 56.6 Å². The first-order valence-corrected chi connectivity index (χ1v) is 15.6. The predicted octanol–water partition coefficient (Wildman–Crippen LogP) is 4.16. The second-order valence-corrected chi connectivity index (χ2v) is 12.9. The van der Waals surface area contributed by atoms with Crippen molar-refractivity contribution in [1.82, 2.24) is 29.7 Å². The number of piperidine rings is 1. The van der Waals surface area contributed by atoms with E-state index in [2.05, 4.69) is 42.5 Å². The molecule has 2 aliphatic rings. The van der Waals surface area contributed by atoms with E-state index in [9.17, 15) is 13.2 Å². The number of hydrogen-bond donors (Lipinski definition) is 2. The maximum absolute atomic E-state index is 12.9. The molecule has 2 N–H and O–H groups in total. The van der Waals surface area contributed by atoms with Gasteiger partial charge in [-0.15, -0.1) is 0 Å². The Morgan fingerprint density at radius 2 is 1.80 bits per heavy atom. The molecule has 4 aromatic rings. The SMILES string of the molecule is Cc1cc(=O)n(C2CCCC2)c2nc(Nc3ccc(N4CCC(CCS(=O)(=O)c5ncn[nH]5)CC4)cc3)ncc12. The van der Waals surface area contributed by atoms with E-state index >= 15 is 0 Å². The Morgan fingerprint density at radius 3 is 2.50 bits per heavy atom. The fourth-order valence-corrected chi connectivity index (χ4v) is 7.21. The van der Waals surface area contributed by atoms with E-state index in [1.807, 2.05) is 23.6 Å². The lowest BCUT2D eigenvalue weighted by Crippen LogP contribution is -2.34. The van der Waals surface area contributed by atoms with E-state index < -0.39 is 9.84 Å². The molecule has 0 atom stereocenters. The molecule has 0 spiro atoms. The molecule has 1 aliphatic carbocycles. The number of aromatic nitrogens is 6. The van der Waals surface area contributed by atoms with Crippen LogP contribution in [0.3, 0.4) is 0 Å². The Bertz CT molecular complexity index is 1640. The van der Waals surface area contributed by atoms with Gasteiger partial charge in [0.05, 0.1) is 5.75 Å². The Kier molecular flexibility index (Phi) is 7.26. The fraction of sp³-hybridized carbons (Fsp3) is 0.464. The predicted molar refractivity (Wildman–Crippen MR) is 154 cm³/mol. The smallest absolute Gasteiger partial charge is 0.252 e. The molecule has 40 heavy (non-hydrogen) atoms. The van der Waals surface area contributed by atoms with Crippen molar-refractivity contribution in [1.29, 1.82) is 0 Å². The van der Waals surface area contributed by atoms with Gasteiger partial charge in [-0.05, 0) is 74.8 Å². The molecule has 11 nitrogen and oxygen atoms in total. The van der Waals surface area contributed by atoms with E-state index in [1.165, 1.54) is 6.33 Å². The zero-order valence-corrected chi connectivity index (χ0v) is 23.4. The highest BCUT2D eigenvalue weighted by atomic mass is 32.2. The molecule has 210 valence electrons. The first kappa shape index (κ1) is 26.4. The Labute approximate surface area is 233 Å². The van der Waals surface area contributed by atoms with Crippen molar-refractivity contribution in [3.63, 3.8) is 0 Å². The standard InChI is InChI=1S/C28H34N8O3S/c1-19-16-25(37)36(23-4-2-3-5-23)26-24(19)17-29-27(33-26)32-21-6-8-22(9-7-21)35-13-10-20(11-14-35)12-15-40(38,39)28-30-18-31-34-28/h6-9,16-18,20,23H,2-5,10-15H2,1H3,(H,29,32,33)(H,30,31,34). The summed E-state index contributed by atoms with van der Waals surface area (Å²) in [4.78, 5) is 28.3. The number of H-pyrrole nitrogens is 1. The number of pyridine rings is 1. The lowest BCUT2D eigenvalue weighted by molar-refractivity contribution is 0.394. The van der Waals surface area contributed by atoms with Crippen LogP contribution >= 0.6 is 0 Å². The van der Waals surface area contributed by atoms with Crippen LogP contribution in [0.5, 0.6) is 0 Å². The van der Waals surface area contributed by atoms with Crippen LogP contribution in [-0.2, 0) is 9.84 Å². The number of hydrogen-bond acceptors (Lipinski definition) is 9. The topological polar surface area (TPSA) is 139 Å². The summed E-state index contributed by atoms with van der Waals surface area (Å²) in [6.45, 7) is 3.69. The van der Waals surface area contributed by atoms with E-state index in [-0.39, 0.29) is 22.5 Å². The minimum absolute atomic E-state index is 0.00567. The van der Waals surface area contributed by atoms with Crippen molar-refractivity contribution in [2.75, 3.05) is 29.1 Å². The lowest BCUT2D eigenvalue weighted by atomic mass is 9.94. The number of nitrogens with zero attached hydrogens (tertiary/aromatic N) is 6. The Balaban J connectivity index is 1.09. The summed E-state index contributed by atoms with van der Waals surface area (Å²) in [5.41, 5.74) is 3.60. The van der Waals surface area contributed by atoms with Crippen LogP contribution in [0.25, 0.3) is 11.0 Å². The van der Waals surface area contributed by atoms with E-state index in [4.69, 9.17) is 4.98 Å². The van der Waals surface area contributed by atoms with E-state index in [0.29, 0.717) is 23.9 Å². The molecule has 0 amide bonds. The van der Waals surface area contributed by atoms with Crippen LogP contribution in [0.4, 0.5) is 17.3 Å². The van der Waals surface area contributed by atoms with Crippen molar-refractivity contribution in [3.05, 3.63) is 58.8 Å². The van der Waals surface area contributed by atoms with Gasteiger partial charge in [0.15, 0.2) is 0 Å². The van der Waals surface area contributed by atoms with Gasteiger partial charge in [0.25, 0.3) is 5.56 Å². The van der Waals surface area contributed by atoms with Gasteiger partial charge in [-0.1, -0.05) is 12.8 Å². The molecular weight excluding hydrogens is 528 g/mol. The maximum atomic E-state index is 12.9. The van der Waals surface area contributed by atoms with Gasteiger partial charge < -0.3 is 10.2 Å². The van der Waals surface area contributed by atoms with Crippen molar-refractivity contribution in [2.45, 2.75) is 63.1 Å². The largest absolute Gasteiger partial charge is 0.372 e. The van der Waals surface area contributed by atoms with Crippen LogP contribution in [0.2, 0.25) is 0 Å². The molecule has 1 aliphatic heterocycles. The number of anilines is 3. The molecule has 0 unspecified atom stereocenters. The molecule has 1 saturated carbocycles. The number of benzene rings is 1. The number of rotatable bonds is 8. The summed E-state index contributed by atoms with van der Waals surface area (Å²) in [6.07, 6.45) is 9.82. The first-order valence-electron chi connectivity index (χ1n) is 14.0. The van der Waals surface area contributed by atoms with Crippen LogP contribution in [-0.4, -0.2) is 57.0 Å². The highest BCUT2D eigenvalue weighted by Gasteiger charge is 2.24. The summed E-state index contributed by atoms with van der Waals surface area (Å²) in [7, 11) is -3.41. The summed E-state index contributed by atoms with van der Waals surface area (Å²) in [5.74, 6) is 0.920. The second-order valence-electron chi connectivity index (χ2n) is 10.9. The number of aromatic amines is 1. The van der Waals surface area contributed by atoms with Gasteiger partial charge in [-0.3, -0.25) is 14.5 Å². The van der Waals surface area contributed by atoms with E-state index in [1.54, 1.807) is 12.3 Å². The molecule has 3 aromatic heterocycles. The van der Waals surface area contributed by atoms with Crippen LogP contribution < -0.4 is 15.8 Å². The first-order chi connectivity index (χ1) is 19.4. The Morgan fingerprint density at radius 1 is 1.05 bits per heavy atom. The van der Waals surface area contributed by atoms with Crippen molar-refractivity contribution < 1.29 is 8.42 Å². The summed E-state index contributed by atoms with van der Waals surface area (Å²) in [6, 6.07) is 10.1. The number of sulfone groups is 1. The minimum Gasteiger partial charge on any atom is -0.372 e. The average molecular weight is 563 g/mol. The number of aryl methyl sites for hydroxylation is 1. The quantitative estimate of drug-likeness (QED) is 0.324. The van der Waals surface area contributed by atoms with Crippen molar-refractivity contribution in [3.8, 4) is 0 Å². The summed E-state index contributed by atoms with van der Waals surface area (Å²) >= 11 is 0. The minimum atomic E-state index is -3.41. The second kappa shape index (κ2) is 11.0. The summed E-state index contributed by atoms with van der Waals surface area (Å²) < 4.78 is 26.6. The molecule has 1 saturated heterocycles. The molecule has 4 heterocycles. The van der Waals surface area contributed by atoms with Gasteiger partial charge >= 0.3 is 0 Å². The molecule has 1 aromatic carbocycles. The van der Waals surface area contributed by atoms with E-state index in [0.717, 1.165) is 73.9 Å². The van der Waals surface area contributed by atoms with Crippen LogP contribution in [0, 0.1) is 12.8 Å². The maximum Gasteiger partial charge on any atom is 0.252 e. The molecular formula is C28H34N8O3S. The fourth-order valence-electron chi connectivity index (χ4n) is 5.97. The van der Waals surface area contributed by atoms with Gasteiger partial charge in [-0.2, -0.15) is 10.1 Å². The third-order valence-corrected chi connectivity index (χ3v) is 9.83. The van der Waals surface area contributed by atoms with Crippen molar-refractivity contribution in [2.24, 2.45) is 5.92 Å².